The number of nitrogens with zero attached hydrogens (tertiary/aromatic N) is 8. The third-order valence-corrected chi connectivity index (χ3v) is 7.71. The van der Waals surface area contributed by atoms with Gasteiger partial charge in [0, 0.05) is 52.4 Å². The van der Waals surface area contributed by atoms with Crippen molar-refractivity contribution in [1.82, 2.24) is 51.6 Å². The molecule has 232 valence electrons. The van der Waals surface area contributed by atoms with Gasteiger partial charge in [0.05, 0.1) is 0 Å². The summed E-state index contributed by atoms with van der Waals surface area (Å²) in [5, 5.41) is 15.3. The number of hydrogen-bond donors (Lipinski definition) is 4. The van der Waals surface area contributed by atoms with E-state index < -0.39 is 18.5 Å². The van der Waals surface area contributed by atoms with Gasteiger partial charge in [-0.1, -0.05) is 12.8 Å². The molecule has 4 fully saturated rings. The van der Waals surface area contributed by atoms with Crippen LogP contribution in [0.15, 0.2) is 0 Å². The van der Waals surface area contributed by atoms with Crippen molar-refractivity contribution in [2.24, 2.45) is 0 Å². The van der Waals surface area contributed by atoms with Crippen molar-refractivity contribution in [3.05, 3.63) is 0 Å². The molecule has 0 unspecified atom stereocenters. The van der Waals surface area contributed by atoms with E-state index in [0.717, 1.165) is 90.9 Å². The van der Waals surface area contributed by atoms with Crippen LogP contribution in [-0.4, -0.2) is 110 Å². The van der Waals surface area contributed by atoms with E-state index in [-0.39, 0.29) is 0 Å². The average Bonchev–Trinajstić information content (AvgIpc) is 3.66. The van der Waals surface area contributed by atoms with E-state index in [2.05, 4.69) is 46.1 Å². The van der Waals surface area contributed by atoms with E-state index in [4.69, 9.17) is 80.9 Å². The molecule has 4 aliphatic rings. The number of thiol groups is 2. The summed E-state index contributed by atoms with van der Waals surface area (Å²) in [7, 11) is 0. The first-order chi connectivity index (χ1) is 19.6. The van der Waals surface area contributed by atoms with Gasteiger partial charge in [0.2, 0.25) is 0 Å². The number of piperidine rings is 2. The van der Waals surface area contributed by atoms with Crippen molar-refractivity contribution in [3.63, 3.8) is 0 Å². The van der Waals surface area contributed by atoms with Crippen LogP contribution in [0.25, 0.3) is 0 Å². The minimum atomic E-state index is -2.03. The van der Waals surface area contributed by atoms with Gasteiger partial charge in [-0.25, -0.2) is 21.1 Å². The summed E-state index contributed by atoms with van der Waals surface area (Å²) < 4.78 is 18.6. The standard InChI is InChI=1S/2C10H19N5S4.Mo.2O/c2*16-9(17)14(12-6-2-1-3-7-12)15(10(18)19)13-8-4-5-11-13;;;/h2*11H,1-8H2,(H,16,17)(H,18,19);;;/q;;+2;;/p-2. The Hall–Kier alpha value is 0.748. The molecule has 2 N–H and O–H groups in total. The van der Waals surface area contributed by atoms with Gasteiger partial charge in [-0.2, -0.15) is 20.3 Å². The van der Waals surface area contributed by atoms with Gasteiger partial charge >= 0.3 is 25.3 Å². The Morgan fingerprint density at radius 3 is 1.12 bits per heavy atom. The Morgan fingerprint density at radius 1 is 0.585 bits per heavy atom. The van der Waals surface area contributed by atoms with Gasteiger partial charge in [-0.3, -0.25) is 0 Å². The van der Waals surface area contributed by atoms with E-state index in [1.165, 1.54) is 12.8 Å². The maximum atomic E-state index is 8.50. The van der Waals surface area contributed by atoms with Gasteiger partial charge in [0.25, 0.3) is 0 Å². The molecule has 0 aromatic rings. The third-order valence-electron chi connectivity index (χ3n) is 6.37. The summed E-state index contributed by atoms with van der Waals surface area (Å²) in [5.74, 6) is 0. The predicted octanol–water partition coefficient (Wildman–Crippen LogP) is 1.92. The van der Waals surface area contributed by atoms with Crippen molar-refractivity contribution < 1.29 is 25.3 Å². The molecule has 0 aromatic carbocycles. The number of thiocarbonyl (C=S) groups is 4. The fourth-order valence-corrected chi connectivity index (χ4v) is 6.20. The molecule has 4 aliphatic heterocycles. The summed E-state index contributed by atoms with van der Waals surface area (Å²) in [6.45, 7) is 7.34. The zero-order chi connectivity index (χ0) is 30.4. The molecular formula is C20H36MoN10O2S8. The zero-order valence-electron chi connectivity index (χ0n) is 22.5. The topological polar surface area (TPSA) is 84.1 Å². The van der Waals surface area contributed by atoms with Crippen LogP contribution < -0.4 is 10.9 Å². The Morgan fingerprint density at radius 2 is 0.902 bits per heavy atom. The SMILES string of the molecule is S=C(S)N(N1CCCCC1)N(C(=S)[S-])N1CCCN1.S=C(S)N(N1CCCCC1)N(C(=S)[S-])N1CCCN1.[O]=[Mo+2]=[O]. The summed E-state index contributed by atoms with van der Waals surface area (Å²) in [6.07, 6.45) is 9.23. The summed E-state index contributed by atoms with van der Waals surface area (Å²) in [6, 6.07) is 0. The van der Waals surface area contributed by atoms with Gasteiger partial charge in [0.15, 0.2) is 8.64 Å². The van der Waals surface area contributed by atoms with Crippen LogP contribution >= 0.6 is 74.1 Å². The molecule has 0 aliphatic carbocycles. The number of rotatable bonds is 4. The molecule has 0 radical (unpaired) electrons. The average molecular weight is 801 g/mol. The van der Waals surface area contributed by atoms with Gasteiger partial charge in [-0.05, 0) is 71.6 Å². The maximum absolute atomic E-state index is 8.50. The second-order valence-corrected chi connectivity index (χ2v) is 13.7. The van der Waals surface area contributed by atoms with E-state index in [1.807, 2.05) is 20.5 Å². The fraction of sp³-hybridized carbons (Fsp3) is 0.800. The Bertz CT molecular complexity index is 846. The normalized spacial score (nSPS) is 20.0. The monoisotopic (exact) mass is 802 g/mol. The van der Waals surface area contributed by atoms with Crippen LogP contribution in [-0.2, 0) is 50.5 Å². The summed E-state index contributed by atoms with van der Waals surface area (Å²) in [5.41, 5.74) is 6.51. The molecule has 0 atom stereocenters. The van der Waals surface area contributed by atoms with E-state index in [0.29, 0.717) is 17.3 Å². The second kappa shape index (κ2) is 20.7. The van der Waals surface area contributed by atoms with Crippen molar-refractivity contribution >= 4 is 117 Å². The minimum absolute atomic E-state index is 0.344. The van der Waals surface area contributed by atoms with Gasteiger partial charge in [0.1, 0.15) is 0 Å². The first-order valence-electron chi connectivity index (χ1n) is 13.2. The first kappa shape index (κ1) is 37.9. The Labute approximate surface area is 294 Å². The van der Waals surface area contributed by atoms with Crippen LogP contribution in [0, 0.1) is 0 Å². The molecule has 0 saturated carbocycles. The third kappa shape index (κ3) is 12.2. The number of hydrogen-bond acceptors (Lipinski definition) is 14. The van der Waals surface area contributed by atoms with Gasteiger partial charge in [-0.15, -0.1) is 35.5 Å². The van der Waals surface area contributed by atoms with Crippen molar-refractivity contribution in [1.29, 1.82) is 0 Å². The second-order valence-electron chi connectivity index (χ2n) is 9.12. The zero-order valence-corrected chi connectivity index (χ0v) is 31.2. The Kier molecular flexibility index (Phi) is 19.2. The van der Waals surface area contributed by atoms with Crippen LogP contribution in [0.3, 0.4) is 0 Å². The molecule has 4 rings (SSSR count). The van der Waals surface area contributed by atoms with Crippen molar-refractivity contribution in [2.45, 2.75) is 51.4 Å². The molecule has 0 aromatic heterocycles. The molecule has 0 bridgehead atoms. The van der Waals surface area contributed by atoms with Crippen molar-refractivity contribution in [3.8, 4) is 0 Å². The van der Waals surface area contributed by atoms with Gasteiger partial charge < -0.3 is 49.7 Å². The summed E-state index contributed by atoms with van der Waals surface area (Å²) >= 11 is 38.1. The molecule has 4 heterocycles. The molecule has 0 amide bonds. The molecule has 21 heteroatoms. The quantitative estimate of drug-likeness (QED) is 0.110. The molecule has 0 spiro atoms. The molecular weight excluding hydrogens is 765 g/mol. The van der Waals surface area contributed by atoms with Crippen LogP contribution in [0.4, 0.5) is 0 Å². The van der Waals surface area contributed by atoms with E-state index in [9.17, 15) is 0 Å². The molecule has 41 heavy (non-hydrogen) atoms. The molecule has 4 saturated heterocycles. The fourth-order valence-electron chi connectivity index (χ4n) is 4.69. The van der Waals surface area contributed by atoms with Crippen LogP contribution in [0.1, 0.15) is 51.4 Å². The Balaban J connectivity index is 0.000000262. The van der Waals surface area contributed by atoms with E-state index >= 15 is 0 Å². The predicted molar refractivity (Wildman–Crippen MR) is 181 cm³/mol. The number of nitrogens with one attached hydrogen (secondary N) is 2. The molecule has 12 nitrogen and oxygen atoms in total. The van der Waals surface area contributed by atoms with Crippen molar-refractivity contribution in [2.75, 3.05) is 52.4 Å². The van der Waals surface area contributed by atoms with Crippen LogP contribution in [0.5, 0.6) is 0 Å². The number of hydrazine groups is 8. The first-order valence-corrected chi connectivity index (χ1v) is 18.1. The van der Waals surface area contributed by atoms with Crippen LogP contribution in [0.2, 0.25) is 0 Å². The summed E-state index contributed by atoms with van der Waals surface area (Å²) in [4.78, 5) is 0. The van der Waals surface area contributed by atoms with E-state index in [1.54, 1.807) is 10.2 Å².